The number of nitrogens with zero attached hydrogens (tertiary/aromatic N) is 2. The Morgan fingerprint density at radius 1 is 1.29 bits per heavy atom. The lowest BCUT2D eigenvalue weighted by Gasteiger charge is -2.13. The molecule has 2 aromatic rings. The van der Waals surface area contributed by atoms with Crippen LogP contribution >= 0.6 is 0 Å². The lowest BCUT2D eigenvalue weighted by Crippen LogP contribution is -2.25. The van der Waals surface area contributed by atoms with Crippen LogP contribution in [-0.4, -0.2) is 35.9 Å². The lowest BCUT2D eigenvalue weighted by atomic mass is 10.1. The molecule has 0 saturated carbocycles. The standard InChI is InChI=1S/C19H21N3O6/c1-11-5-6-12(2)19(13(11)3)28-10-17(23)21-20-9-14-7-15(22(25)26)8-16(27-4)18(14)24/h5-9,24H,10H2,1-4H3,(H,21,23)/b20-9-. The number of amides is 1. The molecule has 0 aliphatic carbocycles. The molecule has 0 atom stereocenters. The van der Waals surface area contributed by atoms with Crippen molar-refractivity contribution in [3.8, 4) is 17.2 Å². The lowest BCUT2D eigenvalue weighted by molar-refractivity contribution is -0.385. The van der Waals surface area contributed by atoms with Gasteiger partial charge in [0.25, 0.3) is 11.6 Å². The molecule has 9 nitrogen and oxygen atoms in total. The van der Waals surface area contributed by atoms with E-state index < -0.39 is 10.8 Å². The molecule has 2 rings (SSSR count). The number of benzene rings is 2. The molecule has 2 aromatic carbocycles. The Labute approximate surface area is 161 Å². The predicted octanol–water partition coefficient (Wildman–Crippen LogP) is 2.76. The van der Waals surface area contributed by atoms with E-state index in [4.69, 9.17) is 9.47 Å². The number of ether oxygens (including phenoxy) is 2. The van der Waals surface area contributed by atoms with Gasteiger partial charge in [-0.25, -0.2) is 5.43 Å². The van der Waals surface area contributed by atoms with Gasteiger partial charge in [0.05, 0.1) is 24.3 Å². The van der Waals surface area contributed by atoms with Gasteiger partial charge in [0.2, 0.25) is 0 Å². The first-order chi connectivity index (χ1) is 13.2. The number of nitro groups is 1. The highest BCUT2D eigenvalue weighted by Gasteiger charge is 2.16. The minimum Gasteiger partial charge on any atom is -0.504 e. The summed E-state index contributed by atoms with van der Waals surface area (Å²) in [5.41, 5.74) is 4.91. The molecule has 0 saturated heterocycles. The van der Waals surface area contributed by atoms with Crippen molar-refractivity contribution in [2.75, 3.05) is 13.7 Å². The van der Waals surface area contributed by atoms with Crippen molar-refractivity contribution in [2.45, 2.75) is 20.8 Å². The summed E-state index contributed by atoms with van der Waals surface area (Å²) in [7, 11) is 1.27. The number of nitrogens with one attached hydrogen (secondary N) is 1. The van der Waals surface area contributed by atoms with Crippen LogP contribution in [0.4, 0.5) is 5.69 Å². The highest BCUT2D eigenvalue weighted by atomic mass is 16.6. The minimum atomic E-state index is -0.627. The SMILES string of the molecule is COc1cc([N+](=O)[O-])cc(/C=N\NC(=O)COc2c(C)ccc(C)c2C)c1O. The third-order valence-electron chi connectivity index (χ3n) is 4.13. The summed E-state index contributed by atoms with van der Waals surface area (Å²) in [5, 5.41) is 24.7. The Morgan fingerprint density at radius 2 is 1.96 bits per heavy atom. The second kappa shape index (κ2) is 8.85. The molecule has 0 aliphatic rings. The van der Waals surface area contributed by atoms with E-state index in [0.29, 0.717) is 5.75 Å². The van der Waals surface area contributed by atoms with Gasteiger partial charge in [-0.15, -0.1) is 0 Å². The Morgan fingerprint density at radius 3 is 2.61 bits per heavy atom. The fourth-order valence-corrected chi connectivity index (χ4v) is 2.47. The molecular weight excluding hydrogens is 366 g/mol. The van der Waals surface area contributed by atoms with Crippen molar-refractivity contribution >= 4 is 17.8 Å². The summed E-state index contributed by atoms with van der Waals surface area (Å²) < 4.78 is 10.5. The molecule has 2 N–H and O–H groups in total. The molecule has 0 radical (unpaired) electrons. The molecule has 0 unspecified atom stereocenters. The molecule has 28 heavy (non-hydrogen) atoms. The normalized spacial score (nSPS) is 10.7. The number of hydrogen-bond acceptors (Lipinski definition) is 7. The zero-order valence-electron chi connectivity index (χ0n) is 16.0. The Bertz CT molecular complexity index is 940. The average molecular weight is 387 g/mol. The zero-order chi connectivity index (χ0) is 20.8. The van der Waals surface area contributed by atoms with Crippen LogP contribution < -0.4 is 14.9 Å². The van der Waals surface area contributed by atoms with Crippen molar-refractivity contribution < 1.29 is 24.3 Å². The fraction of sp³-hybridized carbons (Fsp3) is 0.263. The average Bonchev–Trinajstić information content (AvgIpc) is 2.66. The van der Waals surface area contributed by atoms with Crippen molar-refractivity contribution in [2.24, 2.45) is 5.10 Å². The molecule has 0 heterocycles. The third kappa shape index (κ3) is 4.76. The van der Waals surface area contributed by atoms with Crippen LogP contribution in [0.15, 0.2) is 29.4 Å². The maximum Gasteiger partial charge on any atom is 0.277 e. The number of carbonyl (C=O) groups is 1. The van der Waals surface area contributed by atoms with E-state index in [0.717, 1.165) is 35.0 Å². The number of aromatic hydroxyl groups is 1. The van der Waals surface area contributed by atoms with Gasteiger partial charge < -0.3 is 14.6 Å². The van der Waals surface area contributed by atoms with Crippen LogP contribution in [-0.2, 0) is 4.79 Å². The molecule has 1 amide bonds. The van der Waals surface area contributed by atoms with E-state index in [1.165, 1.54) is 7.11 Å². The number of aryl methyl sites for hydroxylation is 2. The molecule has 0 spiro atoms. The predicted molar refractivity (Wildman–Crippen MR) is 103 cm³/mol. The van der Waals surface area contributed by atoms with Gasteiger partial charge in [0, 0.05) is 11.6 Å². The van der Waals surface area contributed by atoms with Crippen molar-refractivity contribution in [3.05, 3.63) is 56.6 Å². The smallest absolute Gasteiger partial charge is 0.277 e. The second-order valence-corrected chi connectivity index (χ2v) is 6.08. The Kier molecular flexibility index (Phi) is 6.54. The summed E-state index contributed by atoms with van der Waals surface area (Å²) in [6.07, 6.45) is 1.09. The first-order valence-corrected chi connectivity index (χ1v) is 8.31. The number of phenolic OH excluding ortho intramolecular Hbond substituents is 1. The molecule has 0 aromatic heterocycles. The number of rotatable bonds is 7. The second-order valence-electron chi connectivity index (χ2n) is 6.08. The highest BCUT2D eigenvalue weighted by molar-refractivity contribution is 5.87. The number of non-ortho nitro benzene ring substituents is 1. The van der Waals surface area contributed by atoms with Gasteiger partial charge in [-0.2, -0.15) is 5.10 Å². The number of nitro benzene ring substituents is 1. The molecule has 0 fully saturated rings. The van der Waals surface area contributed by atoms with Crippen LogP contribution in [0.5, 0.6) is 17.2 Å². The third-order valence-corrected chi connectivity index (χ3v) is 4.13. The van der Waals surface area contributed by atoms with E-state index in [2.05, 4.69) is 10.5 Å². The maximum atomic E-state index is 12.0. The fourth-order valence-electron chi connectivity index (χ4n) is 2.47. The number of methoxy groups -OCH3 is 1. The molecular formula is C19H21N3O6. The summed E-state index contributed by atoms with van der Waals surface area (Å²) in [4.78, 5) is 22.3. The monoisotopic (exact) mass is 387 g/mol. The van der Waals surface area contributed by atoms with Crippen molar-refractivity contribution in [1.29, 1.82) is 0 Å². The summed E-state index contributed by atoms with van der Waals surface area (Å²) in [6, 6.07) is 6.09. The Balaban J connectivity index is 2.05. The topological polar surface area (TPSA) is 123 Å². The molecule has 0 aliphatic heterocycles. The number of carbonyl (C=O) groups excluding carboxylic acids is 1. The van der Waals surface area contributed by atoms with Crippen LogP contribution in [0.2, 0.25) is 0 Å². The Hall–Kier alpha value is -3.62. The zero-order valence-corrected chi connectivity index (χ0v) is 16.0. The molecule has 9 heteroatoms. The van der Waals surface area contributed by atoms with Crippen molar-refractivity contribution in [3.63, 3.8) is 0 Å². The summed E-state index contributed by atoms with van der Waals surface area (Å²) in [6.45, 7) is 5.49. The van der Waals surface area contributed by atoms with Crippen LogP contribution in [0.25, 0.3) is 0 Å². The van der Waals surface area contributed by atoms with Crippen LogP contribution in [0.3, 0.4) is 0 Å². The number of phenols is 1. The van der Waals surface area contributed by atoms with Gasteiger partial charge in [-0.05, 0) is 37.5 Å². The van der Waals surface area contributed by atoms with Crippen molar-refractivity contribution in [1.82, 2.24) is 5.43 Å². The number of hydrogen-bond donors (Lipinski definition) is 2. The van der Waals surface area contributed by atoms with Gasteiger partial charge in [-0.3, -0.25) is 14.9 Å². The quantitative estimate of drug-likeness (QED) is 0.428. The summed E-state index contributed by atoms with van der Waals surface area (Å²) in [5.74, 6) is -0.280. The largest absolute Gasteiger partial charge is 0.504 e. The summed E-state index contributed by atoms with van der Waals surface area (Å²) >= 11 is 0. The van der Waals surface area contributed by atoms with Gasteiger partial charge in [-0.1, -0.05) is 12.1 Å². The van der Waals surface area contributed by atoms with Gasteiger partial charge in [0.15, 0.2) is 18.1 Å². The van der Waals surface area contributed by atoms with E-state index in [9.17, 15) is 20.0 Å². The molecule has 0 bridgehead atoms. The van der Waals surface area contributed by atoms with E-state index in [1.54, 1.807) is 0 Å². The van der Waals surface area contributed by atoms with E-state index >= 15 is 0 Å². The van der Waals surface area contributed by atoms with Crippen LogP contribution in [0.1, 0.15) is 22.3 Å². The number of hydrazone groups is 1. The van der Waals surface area contributed by atoms with E-state index in [-0.39, 0.29) is 29.4 Å². The van der Waals surface area contributed by atoms with Gasteiger partial charge in [0.1, 0.15) is 5.75 Å². The highest BCUT2D eigenvalue weighted by Crippen LogP contribution is 2.33. The molecule has 148 valence electrons. The first-order valence-electron chi connectivity index (χ1n) is 8.31. The van der Waals surface area contributed by atoms with E-state index in [1.807, 2.05) is 32.9 Å². The minimum absolute atomic E-state index is 0.0256. The van der Waals surface area contributed by atoms with Crippen LogP contribution in [0, 0.1) is 30.9 Å². The van der Waals surface area contributed by atoms with Gasteiger partial charge >= 0.3 is 0 Å². The maximum absolute atomic E-state index is 12.0. The first kappa shape index (κ1) is 20.7.